The van der Waals surface area contributed by atoms with Crippen LogP contribution in [0.25, 0.3) is 10.9 Å². The average Bonchev–Trinajstić information content (AvgIpc) is 2.51. The minimum Gasteiger partial charge on any atom is -0.386 e. The molecule has 4 nitrogen and oxygen atoms in total. The maximum Gasteiger partial charge on any atom is 0.261 e. The molecule has 0 saturated heterocycles. The van der Waals surface area contributed by atoms with Crippen LogP contribution < -0.4 is 5.56 Å². The summed E-state index contributed by atoms with van der Waals surface area (Å²) in [6.07, 6.45) is 0.587. The van der Waals surface area contributed by atoms with Gasteiger partial charge in [-0.05, 0) is 18.2 Å². The van der Waals surface area contributed by atoms with Crippen molar-refractivity contribution < 1.29 is 5.11 Å². The molecule has 1 unspecified atom stereocenters. The summed E-state index contributed by atoms with van der Waals surface area (Å²) in [5, 5.41) is 11.3. The minimum absolute atomic E-state index is 0.112. The number of halogens is 1. The van der Waals surface area contributed by atoms with Crippen molar-refractivity contribution in [2.45, 2.75) is 12.6 Å². The summed E-state index contributed by atoms with van der Waals surface area (Å²) < 4.78 is 1.40. The molecule has 1 heterocycles. The molecule has 3 rings (SSSR count). The fourth-order valence-corrected chi connectivity index (χ4v) is 2.53. The van der Waals surface area contributed by atoms with Crippen molar-refractivity contribution in [2.24, 2.45) is 0 Å². The molecule has 0 fully saturated rings. The first kappa shape index (κ1) is 13.8. The maximum absolute atomic E-state index is 12.4. The summed E-state index contributed by atoms with van der Waals surface area (Å²) in [6.45, 7) is 0.112. The van der Waals surface area contributed by atoms with Crippen LogP contribution in [0.4, 0.5) is 0 Å². The first-order chi connectivity index (χ1) is 10.2. The summed E-state index contributed by atoms with van der Waals surface area (Å²) in [5.74, 6) is 0. The van der Waals surface area contributed by atoms with E-state index in [9.17, 15) is 9.90 Å². The molecule has 0 amide bonds. The summed E-state index contributed by atoms with van der Waals surface area (Å²) in [7, 11) is 0. The lowest BCUT2D eigenvalue weighted by Gasteiger charge is -2.14. The van der Waals surface area contributed by atoms with Gasteiger partial charge in [0, 0.05) is 10.6 Å². The quantitative estimate of drug-likeness (QED) is 0.809. The van der Waals surface area contributed by atoms with E-state index in [2.05, 4.69) is 4.98 Å². The van der Waals surface area contributed by atoms with Crippen molar-refractivity contribution in [3.05, 3.63) is 75.8 Å². The Balaban J connectivity index is 1.97. The zero-order valence-corrected chi connectivity index (χ0v) is 11.9. The third-order valence-corrected chi connectivity index (χ3v) is 3.71. The van der Waals surface area contributed by atoms with Gasteiger partial charge in [-0.3, -0.25) is 9.36 Å². The Hall–Kier alpha value is -2.17. The van der Waals surface area contributed by atoms with Crippen LogP contribution in [0.5, 0.6) is 0 Å². The molecular weight excluding hydrogens is 288 g/mol. The van der Waals surface area contributed by atoms with E-state index in [1.807, 2.05) is 6.07 Å². The van der Waals surface area contributed by atoms with E-state index in [0.29, 0.717) is 21.5 Å². The highest BCUT2D eigenvalue weighted by Gasteiger charge is 2.13. The topological polar surface area (TPSA) is 55.1 Å². The van der Waals surface area contributed by atoms with Crippen molar-refractivity contribution in [3.8, 4) is 0 Å². The lowest BCUT2D eigenvalue weighted by Crippen LogP contribution is -2.23. The third kappa shape index (κ3) is 2.68. The lowest BCUT2D eigenvalue weighted by atomic mass is 10.1. The molecule has 1 atom stereocenters. The second-order valence-corrected chi connectivity index (χ2v) is 5.16. The van der Waals surface area contributed by atoms with E-state index in [1.165, 1.54) is 10.9 Å². The van der Waals surface area contributed by atoms with Crippen LogP contribution in [-0.2, 0) is 6.54 Å². The molecule has 0 spiro atoms. The van der Waals surface area contributed by atoms with Crippen LogP contribution in [0.1, 0.15) is 11.7 Å². The van der Waals surface area contributed by atoms with Crippen LogP contribution in [0, 0.1) is 0 Å². The summed E-state index contributed by atoms with van der Waals surface area (Å²) in [6, 6.07) is 14.2. The van der Waals surface area contributed by atoms with Gasteiger partial charge in [0.2, 0.25) is 0 Å². The lowest BCUT2D eigenvalue weighted by molar-refractivity contribution is 0.155. The van der Waals surface area contributed by atoms with Gasteiger partial charge in [0.1, 0.15) is 0 Å². The maximum atomic E-state index is 12.4. The highest BCUT2D eigenvalue weighted by molar-refractivity contribution is 6.31. The van der Waals surface area contributed by atoms with E-state index in [1.54, 1.807) is 42.5 Å². The Kier molecular flexibility index (Phi) is 3.73. The average molecular weight is 301 g/mol. The van der Waals surface area contributed by atoms with E-state index < -0.39 is 6.10 Å². The highest BCUT2D eigenvalue weighted by atomic mass is 35.5. The molecule has 1 aromatic heterocycles. The smallest absolute Gasteiger partial charge is 0.261 e. The van der Waals surface area contributed by atoms with Gasteiger partial charge in [-0.15, -0.1) is 0 Å². The van der Waals surface area contributed by atoms with Gasteiger partial charge in [0.25, 0.3) is 5.56 Å². The second kappa shape index (κ2) is 5.68. The number of hydrogen-bond acceptors (Lipinski definition) is 3. The second-order valence-electron chi connectivity index (χ2n) is 4.76. The number of para-hydroxylation sites is 1. The monoisotopic (exact) mass is 300 g/mol. The molecule has 106 valence electrons. The summed E-state index contributed by atoms with van der Waals surface area (Å²) in [4.78, 5) is 16.6. The zero-order chi connectivity index (χ0) is 14.8. The number of benzene rings is 2. The van der Waals surface area contributed by atoms with Gasteiger partial charge in [-0.25, -0.2) is 4.98 Å². The third-order valence-electron chi connectivity index (χ3n) is 3.37. The van der Waals surface area contributed by atoms with Crippen LogP contribution in [-0.4, -0.2) is 14.7 Å². The van der Waals surface area contributed by atoms with E-state index >= 15 is 0 Å². The molecule has 0 aliphatic carbocycles. The normalized spacial score (nSPS) is 12.5. The number of aromatic nitrogens is 2. The van der Waals surface area contributed by atoms with Crippen LogP contribution in [0.2, 0.25) is 5.02 Å². The van der Waals surface area contributed by atoms with E-state index in [0.717, 1.165) is 0 Å². The van der Waals surface area contributed by atoms with Crippen LogP contribution in [0.3, 0.4) is 0 Å². The Morgan fingerprint density at radius 2 is 1.86 bits per heavy atom. The number of aliphatic hydroxyl groups is 1. The standard InChI is InChI=1S/C16H13ClN2O2/c17-13-7-3-1-5-11(13)15(20)9-19-10-18-14-8-4-2-6-12(14)16(19)21/h1-8,10,15,20H,9H2. The van der Waals surface area contributed by atoms with Gasteiger partial charge >= 0.3 is 0 Å². The van der Waals surface area contributed by atoms with Gasteiger partial charge in [0.05, 0.1) is 29.9 Å². The SMILES string of the molecule is O=c1c2ccccc2ncn1CC(O)c1ccccc1Cl. The Labute approximate surface area is 126 Å². The molecule has 21 heavy (non-hydrogen) atoms. The predicted octanol–water partition coefficient (Wildman–Crippen LogP) is 2.78. The van der Waals surface area contributed by atoms with Crippen molar-refractivity contribution in [2.75, 3.05) is 0 Å². The Morgan fingerprint density at radius 1 is 1.14 bits per heavy atom. The number of fused-ring (bicyclic) bond motifs is 1. The first-order valence-corrected chi connectivity index (χ1v) is 6.91. The Bertz CT molecular complexity index is 845. The van der Waals surface area contributed by atoms with E-state index in [-0.39, 0.29) is 12.1 Å². The van der Waals surface area contributed by atoms with Gasteiger partial charge in [0.15, 0.2) is 0 Å². The molecule has 5 heteroatoms. The number of nitrogens with zero attached hydrogens (tertiary/aromatic N) is 2. The zero-order valence-electron chi connectivity index (χ0n) is 11.1. The predicted molar refractivity (Wildman–Crippen MR) is 82.4 cm³/mol. The molecule has 0 saturated carbocycles. The van der Waals surface area contributed by atoms with Crippen molar-refractivity contribution in [1.29, 1.82) is 0 Å². The highest BCUT2D eigenvalue weighted by Crippen LogP contribution is 2.23. The molecule has 0 aliphatic rings. The van der Waals surface area contributed by atoms with Gasteiger partial charge in [-0.1, -0.05) is 41.9 Å². The molecule has 0 aliphatic heterocycles. The molecule has 3 aromatic rings. The van der Waals surface area contributed by atoms with Crippen molar-refractivity contribution in [1.82, 2.24) is 9.55 Å². The van der Waals surface area contributed by atoms with Crippen LogP contribution >= 0.6 is 11.6 Å². The summed E-state index contributed by atoms with van der Waals surface area (Å²) >= 11 is 6.06. The van der Waals surface area contributed by atoms with Gasteiger partial charge in [-0.2, -0.15) is 0 Å². The largest absolute Gasteiger partial charge is 0.386 e. The molecule has 0 bridgehead atoms. The molecule has 2 aromatic carbocycles. The fraction of sp³-hybridized carbons (Fsp3) is 0.125. The van der Waals surface area contributed by atoms with Crippen LogP contribution in [0.15, 0.2) is 59.7 Å². The molecule has 0 radical (unpaired) electrons. The molecular formula is C16H13ClN2O2. The number of aliphatic hydroxyl groups excluding tert-OH is 1. The number of hydrogen-bond donors (Lipinski definition) is 1. The Morgan fingerprint density at radius 3 is 2.67 bits per heavy atom. The van der Waals surface area contributed by atoms with Crippen molar-refractivity contribution >= 4 is 22.5 Å². The number of rotatable bonds is 3. The van der Waals surface area contributed by atoms with E-state index in [4.69, 9.17) is 11.6 Å². The molecule has 1 N–H and O–H groups in total. The summed E-state index contributed by atoms with van der Waals surface area (Å²) in [5.41, 5.74) is 1.07. The van der Waals surface area contributed by atoms with Crippen molar-refractivity contribution in [3.63, 3.8) is 0 Å². The minimum atomic E-state index is -0.862. The fourth-order valence-electron chi connectivity index (χ4n) is 2.27. The van der Waals surface area contributed by atoms with Gasteiger partial charge < -0.3 is 5.11 Å². The first-order valence-electron chi connectivity index (χ1n) is 6.53.